The van der Waals surface area contributed by atoms with Crippen LogP contribution >= 0.6 is 0 Å². The predicted octanol–water partition coefficient (Wildman–Crippen LogP) is 6.01. The first kappa shape index (κ1) is 29.1. The van der Waals surface area contributed by atoms with E-state index in [4.69, 9.17) is 9.84 Å². The van der Waals surface area contributed by atoms with Gasteiger partial charge in [0.05, 0.1) is 19.4 Å². The van der Waals surface area contributed by atoms with Crippen molar-refractivity contribution in [3.05, 3.63) is 0 Å². The van der Waals surface area contributed by atoms with Crippen LogP contribution in [0.5, 0.6) is 0 Å². The second-order valence-corrected chi connectivity index (χ2v) is 7.42. The summed E-state index contributed by atoms with van der Waals surface area (Å²) in [5, 5.41) is 8.47. The Balaban J connectivity index is 0. The number of esters is 1. The van der Waals surface area contributed by atoms with E-state index < -0.39 is 11.9 Å². The molecular weight excluding hydrogens is 351 g/mol. The van der Waals surface area contributed by atoms with Crippen molar-refractivity contribution in [3.63, 3.8) is 0 Å². The van der Waals surface area contributed by atoms with Crippen LogP contribution in [0.3, 0.4) is 0 Å². The van der Waals surface area contributed by atoms with Crippen molar-refractivity contribution in [1.29, 1.82) is 0 Å². The van der Waals surface area contributed by atoms with Crippen LogP contribution < -0.4 is 0 Å². The van der Waals surface area contributed by atoms with Crippen molar-refractivity contribution in [2.24, 2.45) is 0 Å². The molecule has 0 radical (unpaired) electrons. The first-order valence-electron chi connectivity index (χ1n) is 11.0. The van der Waals surface area contributed by atoms with E-state index >= 15 is 0 Å². The van der Waals surface area contributed by atoms with Crippen molar-refractivity contribution >= 4 is 41.5 Å². The van der Waals surface area contributed by atoms with Gasteiger partial charge in [0.15, 0.2) is 0 Å². The third kappa shape index (κ3) is 25.9. The van der Waals surface area contributed by atoms with Crippen LogP contribution in [-0.2, 0) is 14.3 Å². The van der Waals surface area contributed by atoms with Gasteiger partial charge in [0.25, 0.3) is 0 Å². The number of hydrogen-bond acceptors (Lipinski definition) is 3. The van der Waals surface area contributed by atoms with Crippen molar-refractivity contribution in [1.82, 2.24) is 0 Å². The van der Waals surface area contributed by atoms with Gasteiger partial charge in [0.1, 0.15) is 0 Å². The van der Waals surface area contributed by atoms with Crippen LogP contribution in [0.2, 0.25) is 0 Å². The summed E-state index contributed by atoms with van der Waals surface area (Å²) < 4.78 is 5.01. The minimum atomic E-state index is -0.954. The maximum atomic E-state index is 11.2. The third-order valence-corrected chi connectivity index (χ3v) is 4.80. The number of carboxylic acids is 1. The van der Waals surface area contributed by atoms with Crippen LogP contribution in [0.1, 0.15) is 122 Å². The molecule has 0 bridgehead atoms. The van der Waals surface area contributed by atoms with Gasteiger partial charge in [0.2, 0.25) is 0 Å². The van der Waals surface area contributed by atoms with Gasteiger partial charge >= 0.3 is 41.5 Å². The summed E-state index contributed by atoms with van der Waals surface area (Å²) in [4.78, 5) is 21.6. The van der Waals surface area contributed by atoms with Gasteiger partial charge in [-0.2, -0.15) is 0 Å². The number of ether oxygens (including phenoxy) is 1. The molecule has 0 aliphatic heterocycles. The van der Waals surface area contributed by atoms with Gasteiger partial charge in [-0.1, -0.05) is 103 Å². The molecule has 0 heterocycles. The van der Waals surface area contributed by atoms with E-state index in [2.05, 4.69) is 6.92 Å². The van der Waals surface area contributed by atoms with Gasteiger partial charge in [-0.25, -0.2) is 0 Å². The van der Waals surface area contributed by atoms with Gasteiger partial charge < -0.3 is 9.84 Å². The SMILES string of the molecule is CCCCCCCCCCCCCCCCCCOC(=O)CCC(=O)O.[NaH]. The van der Waals surface area contributed by atoms with Crippen LogP contribution in [0.25, 0.3) is 0 Å². The Labute approximate surface area is 189 Å². The molecule has 0 unspecified atom stereocenters. The Kier molecular flexibility index (Phi) is 25.9. The number of unbranched alkanes of at least 4 members (excludes halogenated alkanes) is 15. The molecule has 0 aromatic carbocycles. The van der Waals surface area contributed by atoms with Crippen LogP contribution in [0.15, 0.2) is 0 Å². The van der Waals surface area contributed by atoms with E-state index in [1.54, 1.807) is 0 Å². The normalized spacial score (nSPS) is 10.4. The fourth-order valence-electron chi connectivity index (χ4n) is 3.12. The van der Waals surface area contributed by atoms with Gasteiger partial charge in [-0.15, -0.1) is 0 Å². The van der Waals surface area contributed by atoms with Crippen LogP contribution in [0, 0.1) is 0 Å². The number of aliphatic carboxylic acids is 1. The van der Waals surface area contributed by atoms with Gasteiger partial charge in [0, 0.05) is 0 Å². The van der Waals surface area contributed by atoms with E-state index in [0.717, 1.165) is 12.8 Å². The van der Waals surface area contributed by atoms with E-state index in [-0.39, 0.29) is 42.4 Å². The maximum absolute atomic E-state index is 11.2. The van der Waals surface area contributed by atoms with Crippen molar-refractivity contribution < 1.29 is 19.4 Å². The summed E-state index contributed by atoms with van der Waals surface area (Å²) in [6.45, 7) is 2.70. The molecule has 0 aliphatic carbocycles. The molecule has 0 aromatic heterocycles. The van der Waals surface area contributed by atoms with Crippen LogP contribution in [-0.4, -0.2) is 53.2 Å². The molecule has 0 rings (SSSR count). The number of rotatable bonds is 20. The zero-order valence-corrected chi connectivity index (χ0v) is 17.1. The predicted molar refractivity (Wildman–Crippen MR) is 115 cm³/mol. The second-order valence-electron chi connectivity index (χ2n) is 7.42. The molecule has 27 heavy (non-hydrogen) atoms. The average molecular weight is 395 g/mol. The summed E-state index contributed by atoms with van der Waals surface area (Å²) in [5.74, 6) is -1.35. The van der Waals surface area contributed by atoms with Crippen molar-refractivity contribution in [2.45, 2.75) is 122 Å². The van der Waals surface area contributed by atoms with Crippen molar-refractivity contribution in [3.8, 4) is 0 Å². The quantitative estimate of drug-likeness (QED) is 0.156. The monoisotopic (exact) mass is 394 g/mol. The molecular formula is C22H43NaO4. The molecule has 5 heteroatoms. The van der Waals surface area contributed by atoms with E-state index in [1.807, 2.05) is 0 Å². The first-order chi connectivity index (χ1) is 12.7. The molecule has 0 aliphatic rings. The molecule has 0 atom stereocenters. The molecule has 4 nitrogen and oxygen atoms in total. The number of carbonyl (C=O) groups excluding carboxylic acids is 1. The van der Waals surface area contributed by atoms with Gasteiger partial charge in [-0.3, -0.25) is 9.59 Å². The molecule has 0 fully saturated rings. The molecule has 0 aromatic rings. The molecule has 1 N–H and O–H groups in total. The number of carboxylic acid groups (broad SMARTS) is 1. The third-order valence-electron chi connectivity index (χ3n) is 4.80. The topological polar surface area (TPSA) is 63.6 Å². The second kappa shape index (κ2) is 24.0. The zero-order valence-electron chi connectivity index (χ0n) is 17.1. The molecule has 0 saturated heterocycles. The zero-order chi connectivity index (χ0) is 19.3. The molecule has 0 spiro atoms. The summed E-state index contributed by atoms with van der Waals surface area (Å²) in [7, 11) is 0. The average Bonchev–Trinajstić information content (AvgIpc) is 2.62. The summed E-state index contributed by atoms with van der Waals surface area (Å²) in [6, 6.07) is 0. The molecule has 156 valence electrons. The molecule has 0 saturated carbocycles. The Morgan fingerprint density at radius 1 is 0.630 bits per heavy atom. The minimum absolute atomic E-state index is 0. The van der Waals surface area contributed by atoms with Crippen molar-refractivity contribution in [2.75, 3.05) is 6.61 Å². The molecule has 0 amide bonds. The van der Waals surface area contributed by atoms with Gasteiger partial charge in [-0.05, 0) is 6.42 Å². The first-order valence-corrected chi connectivity index (χ1v) is 11.0. The summed E-state index contributed by atoms with van der Waals surface area (Å²) in [6.07, 6.45) is 21.0. The number of hydrogen-bond donors (Lipinski definition) is 1. The van der Waals surface area contributed by atoms with E-state index in [0.29, 0.717) is 6.61 Å². The van der Waals surface area contributed by atoms with E-state index in [9.17, 15) is 9.59 Å². The summed E-state index contributed by atoms with van der Waals surface area (Å²) >= 11 is 0. The summed E-state index contributed by atoms with van der Waals surface area (Å²) in [5.41, 5.74) is 0. The number of carbonyl (C=O) groups is 2. The standard InChI is InChI=1S/C22H42O4.Na.H/c1-2-3-4-5-6-7-8-9-10-11-12-13-14-15-16-17-20-26-22(25)19-18-21(23)24;;/h2-20H2,1H3,(H,23,24);;. The Hall–Kier alpha value is -0.0600. The Bertz CT molecular complexity index is 334. The Morgan fingerprint density at radius 3 is 1.37 bits per heavy atom. The fraction of sp³-hybridized carbons (Fsp3) is 0.909. The van der Waals surface area contributed by atoms with E-state index in [1.165, 1.54) is 89.9 Å². The Morgan fingerprint density at radius 2 is 1.00 bits per heavy atom. The fourth-order valence-corrected chi connectivity index (χ4v) is 3.12. The van der Waals surface area contributed by atoms with Crippen LogP contribution in [0.4, 0.5) is 0 Å².